The molecule has 2 aliphatic rings. The molecule has 2 aliphatic heterocycles. The van der Waals surface area contributed by atoms with Crippen molar-refractivity contribution in [1.29, 1.82) is 0 Å². The smallest absolute Gasteiger partial charge is 0.274 e. The van der Waals surface area contributed by atoms with E-state index in [-0.39, 0.29) is 18.4 Å². The van der Waals surface area contributed by atoms with Crippen LogP contribution in [0.5, 0.6) is 11.5 Å². The van der Waals surface area contributed by atoms with Crippen molar-refractivity contribution in [3.63, 3.8) is 0 Å². The molecule has 0 aliphatic carbocycles. The SMILES string of the molecule is CCCCN1CCOc2ccccc2CCCCC2(CN(C(=O)c3cc(-c4ccc(OC)cc4)n(C)n3)CCO2)C1=O. The second kappa shape index (κ2) is 13.4. The minimum absolute atomic E-state index is 0.0501. The average molecular weight is 575 g/mol. The van der Waals surface area contributed by atoms with Gasteiger partial charge in [-0.3, -0.25) is 14.3 Å². The van der Waals surface area contributed by atoms with E-state index < -0.39 is 5.60 Å². The van der Waals surface area contributed by atoms with Gasteiger partial charge in [-0.05, 0) is 74.1 Å². The molecule has 0 bridgehead atoms. The largest absolute Gasteiger partial charge is 0.497 e. The Morgan fingerprint density at radius 2 is 1.88 bits per heavy atom. The summed E-state index contributed by atoms with van der Waals surface area (Å²) in [5.74, 6) is 1.42. The molecular weight excluding hydrogens is 532 g/mol. The van der Waals surface area contributed by atoms with E-state index in [0.717, 1.165) is 54.9 Å². The zero-order valence-corrected chi connectivity index (χ0v) is 25.0. The van der Waals surface area contributed by atoms with Crippen LogP contribution in [0.25, 0.3) is 11.3 Å². The summed E-state index contributed by atoms with van der Waals surface area (Å²) < 4.78 is 19.5. The summed E-state index contributed by atoms with van der Waals surface area (Å²) in [5, 5.41) is 4.56. The van der Waals surface area contributed by atoms with Crippen LogP contribution in [0.1, 0.15) is 55.1 Å². The topological polar surface area (TPSA) is 86.1 Å². The summed E-state index contributed by atoms with van der Waals surface area (Å²) in [4.78, 5) is 31.7. The number of morpholine rings is 1. The number of benzene rings is 2. The highest BCUT2D eigenvalue weighted by Gasteiger charge is 2.47. The second-order valence-electron chi connectivity index (χ2n) is 11.1. The number of rotatable bonds is 6. The van der Waals surface area contributed by atoms with E-state index in [0.29, 0.717) is 45.0 Å². The summed E-state index contributed by atoms with van der Waals surface area (Å²) in [6.45, 7) is 4.55. The van der Waals surface area contributed by atoms with Gasteiger partial charge in [0.2, 0.25) is 0 Å². The molecule has 1 unspecified atom stereocenters. The van der Waals surface area contributed by atoms with Crippen LogP contribution in [-0.2, 0) is 23.0 Å². The Bertz CT molecular complexity index is 1370. The van der Waals surface area contributed by atoms with Crippen molar-refractivity contribution in [3.8, 4) is 22.8 Å². The van der Waals surface area contributed by atoms with Gasteiger partial charge >= 0.3 is 0 Å². The second-order valence-corrected chi connectivity index (χ2v) is 11.1. The monoisotopic (exact) mass is 574 g/mol. The van der Waals surface area contributed by atoms with E-state index in [9.17, 15) is 9.59 Å². The van der Waals surface area contributed by atoms with Gasteiger partial charge in [0.1, 0.15) is 18.1 Å². The molecule has 3 heterocycles. The number of hydrogen-bond acceptors (Lipinski definition) is 6. The molecule has 2 aromatic carbocycles. The first-order valence-corrected chi connectivity index (χ1v) is 15.1. The summed E-state index contributed by atoms with van der Waals surface area (Å²) >= 11 is 0. The first-order chi connectivity index (χ1) is 20.4. The Morgan fingerprint density at radius 1 is 1.07 bits per heavy atom. The standard InChI is InChI=1S/C33H42N4O5/c1-4-5-18-36-19-21-41-30-12-7-6-10-26(30)11-8-9-17-33(32(36)39)24-37(20-22-42-33)31(38)28-23-29(35(2)34-28)25-13-15-27(40-3)16-14-25/h6-7,10,12-16,23H,4-5,8-9,11,17-22,24H2,1-3H3. The van der Waals surface area contributed by atoms with Crippen molar-refractivity contribution in [2.24, 2.45) is 7.05 Å². The lowest BCUT2D eigenvalue weighted by molar-refractivity contribution is -0.170. The normalized spacial score (nSPS) is 19.9. The molecule has 42 heavy (non-hydrogen) atoms. The molecule has 1 atom stereocenters. The number of fused-ring (bicyclic) bond motifs is 1. The molecule has 0 N–H and O–H groups in total. The third-order valence-corrected chi connectivity index (χ3v) is 8.28. The van der Waals surface area contributed by atoms with Gasteiger partial charge in [-0.2, -0.15) is 5.10 Å². The summed E-state index contributed by atoms with van der Waals surface area (Å²) in [5.41, 5.74) is 2.22. The van der Waals surface area contributed by atoms with Gasteiger partial charge in [-0.25, -0.2) is 0 Å². The van der Waals surface area contributed by atoms with E-state index in [1.54, 1.807) is 16.7 Å². The predicted molar refractivity (Wildman–Crippen MR) is 161 cm³/mol. The molecule has 224 valence electrons. The molecule has 9 nitrogen and oxygen atoms in total. The van der Waals surface area contributed by atoms with E-state index in [1.165, 1.54) is 5.56 Å². The molecule has 1 fully saturated rings. The number of amides is 2. The molecule has 1 spiro atoms. The van der Waals surface area contributed by atoms with Crippen LogP contribution >= 0.6 is 0 Å². The van der Waals surface area contributed by atoms with Crippen molar-refractivity contribution in [2.75, 3.05) is 46.5 Å². The van der Waals surface area contributed by atoms with Crippen molar-refractivity contribution < 1.29 is 23.8 Å². The average Bonchev–Trinajstić information content (AvgIpc) is 3.41. The van der Waals surface area contributed by atoms with Crippen LogP contribution in [-0.4, -0.2) is 83.5 Å². The maximum absolute atomic E-state index is 14.3. The van der Waals surface area contributed by atoms with Gasteiger partial charge < -0.3 is 24.0 Å². The first kappa shape index (κ1) is 29.6. The summed E-state index contributed by atoms with van der Waals surface area (Å²) in [6, 6.07) is 17.6. The molecular formula is C33H42N4O5. The number of methoxy groups -OCH3 is 1. The lowest BCUT2D eigenvalue weighted by Crippen LogP contribution is -2.62. The number of carbonyl (C=O) groups is 2. The number of carbonyl (C=O) groups excluding carboxylic acids is 2. The zero-order chi connectivity index (χ0) is 29.5. The maximum atomic E-state index is 14.3. The van der Waals surface area contributed by atoms with Crippen molar-refractivity contribution in [3.05, 3.63) is 65.9 Å². The lowest BCUT2D eigenvalue weighted by Gasteiger charge is -2.44. The van der Waals surface area contributed by atoms with E-state index in [4.69, 9.17) is 14.2 Å². The Labute approximate surface area is 248 Å². The van der Waals surface area contributed by atoms with Gasteiger partial charge in [0.05, 0.1) is 32.5 Å². The third-order valence-electron chi connectivity index (χ3n) is 8.28. The Hall–Kier alpha value is -3.85. The molecule has 0 radical (unpaired) electrons. The Morgan fingerprint density at radius 3 is 2.67 bits per heavy atom. The Kier molecular flexibility index (Phi) is 9.47. The number of aryl methyl sites for hydroxylation is 2. The Balaban J connectivity index is 1.38. The number of nitrogens with zero attached hydrogens (tertiary/aromatic N) is 4. The van der Waals surface area contributed by atoms with Gasteiger partial charge in [0.25, 0.3) is 11.8 Å². The van der Waals surface area contributed by atoms with Crippen molar-refractivity contribution in [2.45, 2.75) is 51.0 Å². The van der Waals surface area contributed by atoms with Crippen LogP contribution in [0.15, 0.2) is 54.6 Å². The molecule has 1 saturated heterocycles. The first-order valence-electron chi connectivity index (χ1n) is 15.1. The van der Waals surface area contributed by atoms with Crippen molar-refractivity contribution in [1.82, 2.24) is 19.6 Å². The van der Waals surface area contributed by atoms with E-state index in [1.807, 2.05) is 60.5 Å². The molecule has 5 rings (SSSR count). The van der Waals surface area contributed by atoms with Gasteiger partial charge in [-0.15, -0.1) is 0 Å². The van der Waals surface area contributed by atoms with Gasteiger partial charge in [0, 0.05) is 25.7 Å². The van der Waals surface area contributed by atoms with Crippen LogP contribution in [0.4, 0.5) is 0 Å². The van der Waals surface area contributed by atoms with E-state index >= 15 is 0 Å². The summed E-state index contributed by atoms with van der Waals surface area (Å²) in [6.07, 6.45) is 4.98. The highest BCUT2D eigenvalue weighted by molar-refractivity contribution is 5.95. The molecule has 0 saturated carbocycles. The van der Waals surface area contributed by atoms with Crippen molar-refractivity contribution >= 4 is 11.8 Å². The number of aromatic nitrogens is 2. The van der Waals surface area contributed by atoms with Crippen LogP contribution in [0.3, 0.4) is 0 Å². The van der Waals surface area contributed by atoms with E-state index in [2.05, 4.69) is 18.1 Å². The third kappa shape index (κ3) is 6.46. The van der Waals surface area contributed by atoms with Gasteiger partial charge in [-0.1, -0.05) is 31.5 Å². The lowest BCUT2D eigenvalue weighted by atomic mass is 9.90. The minimum Gasteiger partial charge on any atom is -0.497 e. The molecule has 3 aromatic rings. The molecule has 1 aromatic heterocycles. The summed E-state index contributed by atoms with van der Waals surface area (Å²) in [7, 11) is 3.47. The fourth-order valence-electron chi connectivity index (χ4n) is 5.91. The minimum atomic E-state index is -1.09. The van der Waals surface area contributed by atoms with Crippen LogP contribution < -0.4 is 9.47 Å². The highest BCUT2D eigenvalue weighted by atomic mass is 16.5. The predicted octanol–water partition coefficient (Wildman–Crippen LogP) is 4.74. The zero-order valence-electron chi connectivity index (χ0n) is 25.0. The van der Waals surface area contributed by atoms with Gasteiger partial charge in [0.15, 0.2) is 11.3 Å². The fourth-order valence-corrected chi connectivity index (χ4v) is 5.91. The van der Waals surface area contributed by atoms with Crippen LogP contribution in [0.2, 0.25) is 0 Å². The maximum Gasteiger partial charge on any atom is 0.274 e. The number of para-hydroxylation sites is 1. The fraction of sp³-hybridized carbons (Fsp3) is 0.485. The quantitative estimate of drug-likeness (QED) is 0.423. The molecule has 2 amide bonds. The number of ether oxygens (including phenoxy) is 3. The van der Waals surface area contributed by atoms with Crippen LogP contribution in [0, 0.1) is 0 Å². The number of unbranched alkanes of at least 4 members (excludes halogenated alkanes) is 1. The highest BCUT2D eigenvalue weighted by Crippen LogP contribution is 2.31. The molecule has 9 heteroatoms. The number of hydrogen-bond donors (Lipinski definition) is 0.